The fourth-order valence-electron chi connectivity index (χ4n) is 2.02. The number of aliphatic imine (C=N–C) groups is 1. The molecular formula is C12H25N3. The second-order valence-corrected chi connectivity index (χ2v) is 5.50. The van der Waals surface area contributed by atoms with E-state index < -0.39 is 0 Å². The quantitative estimate of drug-likeness (QED) is 0.534. The van der Waals surface area contributed by atoms with Crippen molar-refractivity contribution in [3.63, 3.8) is 0 Å². The van der Waals surface area contributed by atoms with Crippen LogP contribution in [0.4, 0.5) is 0 Å². The van der Waals surface area contributed by atoms with E-state index in [9.17, 15) is 0 Å². The number of nitrogens with two attached hydrogens (primary N) is 1. The smallest absolute Gasteiger partial charge is 0.191 e. The molecule has 1 heterocycles. The molecule has 3 nitrogen and oxygen atoms in total. The van der Waals surface area contributed by atoms with Crippen LogP contribution >= 0.6 is 0 Å². The van der Waals surface area contributed by atoms with E-state index in [-0.39, 0.29) is 5.54 Å². The van der Waals surface area contributed by atoms with Gasteiger partial charge in [-0.2, -0.15) is 0 Å². The van der Waals surface area contributed by atoms with Gasteiger partial charge in [-0.1, -0.05) is 13.3 Å². The molecule has 88 valence electrons. The van der Waals surface area contributed by atoms with E-state index in [1.165, 1.54) is 19.3 Å². The van der Waals surface area contributed by atoms with Gasteiger partial charge in [0.1, 0.15) is 0 Å². The summed E-state index contributed by atoms with van der Waals surface area (Å²) in [5, 5.41) is 0. The summed E-state index contributed by atoms with van der Waals surface area (Å²) in [4.78, 5) is 6.76. The summed E-state index contributed by atoms with van der Waals surface area (Å²) in [6, 6.07) is 0. The van der Waals surface area contributed by atoms with Crippen molar-refractivity contribution in [3.8, 4) is 0 Å². The minimum absolute atomic E-state index is 0.0662. The van der Waals surface area contributed by atoms with Gasteiger partial charge >= 0.3 is 0 Å². The molecule has 2 N–H and O–H groups in total. The van der Waals surface area contributed by atoms with Crippen LogP contribution in [0.2, 0.25) is 0 Å². The molecule has 0 aromatic heterocycles. The maximum Gasteiger partial charge on any atom is 0.191 e. The van der Waals surface area contributed by atoms with Gasteiger partial charge in [-0.05, 0) is 39.5 Å². The van der Waals surface area contributed by atoms with E-state index in [2.05, 4.69) is 37.6 Å². The van der Waals surface area contributed by atoms with Crippen molar-refractivity contribution in [3.05, 3.63) is 0 Å². The molecule has 0 radical (unpaired) electrons. The molecule has 0 amide bonds. The zero-order valence-corrected chi connectivity index (χ0v) is 10.6. The number of rotatable bonds is 1. The summed E-state index contributed by atoms with van der Waals surface area (Å²) in [7, 11) is 0. The van der Waals surface area contributed by atoms with Gasteiger partial charge in [-0.15, -0.1) is 0 Å². The fourth-order valence-corrected chi connectivity index (χ4v) is 2.02. The van der Waals surface area contributed by atoms with E-state index in [1.54, 1.807) is 0 Å². The predicted octanol–water partition coefficient (Wildman–Crippen LogP) is 2.22. The molecule has 0 aliphatic carbocycles. The van der Waals surface area contributed by atoms with Gasteiger partial charge < -0.3 is 10.6 Å². The van der Waals surface area contributed by atoms with Crippen LogP contribution in [0, 0.1) is 5.92 Å². The molecule has 1 fully saturated rings. The number of hydrogen-bond donors (Lipinski definition) is 1. The van der Waals surface area contributed by atoms with E-state index in [0.29, 0.717) is 0 Å². The van der Waals surface area contributed by atoms with Crippen molar-refractivity contribution in [1.82, 2.24) is 4.90 Å². The second-order valence-electron chi connectivity index (χ2n) is 5.50. The fraction of sp³-hybridized carbons (Fsp3) is 0.917. The normalized spacial score (nSPS) is 24.4. The topological polar surface area (TPSA) is 41.6 Å². The first-order valence-electron chi connectivity index (χ1n) is 6.02. The molecule has 1 aliphatic rings. The van der Waals surface area contributed by atoms with E-state index in [4.69, 9.17) is 5.73 Å². The second kappa shape index (κ2) is 4.86. The Balaban J connectivity index is 2.59. The lowest BCUT2D eigenvalue weighted by atomic mass is 9.96. The van der Waals surface area contributed by atoms with Crippen LogP contribution in [0.3, 0.4) is 0 Å². The highest BCUT2D eigenvalue weighted by Gasteiger charge is 2.20. The van der Waals surface area contributed by atoms with Crippen LogP contribution in [0.5, 0.6) is 0 Å². The number of piperidine rings is 1. The van der Waals surface area contributed by atoms with Gasteiger partial charge in [0.2, 0.25) is 0 Å². The third-order valence-corrected chi connectivity index (χ3v) is 2.87. The highest BCUT2D eigenvalue weighted by molar-refractivity contribution is 5.78. The summed E-state index contributed by atoms with van der Waals surface area (Å²) in [5.74, 6) is 1.52. The Kier molecular flexibility index (Phi) is 4.00. The first kappa shape index (κ1) is 12.3. The Labute approximate surface area is 93.7 Å². The Morgan fingerprint density at radius 2 is 2.13 bits per heavy atom. The number of guanidine groups is 1. The summed E-state index contributed by atoms with van der Waals surface area (Å²) >= 11 is 0. The average molecular weight is 211 g/mol. The third-order valence-electron chi connectivity index (χ3n) is 2.87. The molecule has 15 heavy (non-hydrogen) atoms. The third kappa shape index (κ3) is 4.10. The number of nitrogens with zero attached hydrogens (tertiary/aromatic N) is 2. The van der Waals surface area contributed by atoms with Gasteiger partial charge in [-0.25, -0.2) is 4.99 Å². The Hall–Kier alpha value is -0.730. The standard InChI is InChI=1S/C12H25N3/c1-5-10-7-6-8-15(9-10)11(13)14-12(2,3)4/h10H,5-9H2,1-4H3,(H2,13,14). The molecule has 3 heteroatoms. The zero-order chi connectivity index (χ0) is 11.5. The lowest BCUT2D eigenvalue weighted by molar-refractivity contribution is 0.249. The van der Waals surface area contributed by atoms with Crippen LogP contribution in [-0.4, -0.2) is 29.5 Å². The Morgan fingerprint density at radius 1 is 1.47 bits per heavy atom. The minimum Gasteiger partial charge on any atom is -0.370 e. The summed E-state index contributed by atoms with van der Waals surface area (Å²) < 4.78 is 0. The summed E-state index contributed by atoms with van der Waals surface area (Å²) in [6.07, 6.45) is 3.84. The predicted molar refractivity (Wildman–Crippen MR) is 66.0 cm³/mol. The molecule has 1 unspecified atom stereocenters. The number of likely N-dealkylation sites (tertiary alicyclic amines) is 1. The van der Waals surface area contributed by atoms with Crippen molar-refractivity contribution in [1.29, 1.82) is 0 Å². The van der Waals surface area contributed by atoms with Crippen LogP contribution in [0.15, 0.2) is 4.99 Å². The molecule has 0 saturated carbocycles. The van der Waals surface area contributed by atoms with Gasteiger partial charge in [0, 0.05) is 13.1 Å². The summed E-state index contributed by atoms with van der Waals surface area (Å²) in [5.41, 5.74) is 5.96. The van der Waals surface area contributed by atoms with Gasteiger partial charge in [0.15, 0.2) is 5.96 Å². The lowest BCUT2D eigenvalue weighted by Crippen LogP contribution is -2.45. The van der Waals surface area contributed by atoms with Crippen molar-refractivity contribution >= 4 is 5.96 Å². The Morgan fingerprint density at radius 3 is 2.67 bits per heavy atom. The largest absolute Gasteiger partial charge is 0.370 e. The van der Waals surface area contributed by atoms with E-state index >= 15 is 0 Å². The molecule has 1 rings (SSSR count). The SMILES string of the molecule is CCC1CCCN(C(N)=NC(C)(C)C)C1. The highest BCUT2D eigenvalue weighted by atomic mass is 15.3. The average Bonchev–Trinajstić information content (AvgIpc) is 2.15. The first-order chi connectivity index (χ1) is 6.92. The maximum absolute atomic E-state index is 6.03. The van der Waals surface area contributed by atoms with Crippen LogP contribution < -0.4 is 5.73 Å². The molecule has 0 spiro atoms. The van der Waals surface area contributed by atoms with Crippen molar-refractivity contribution in [2.45, 2.75) is 52.5 Å². The molecule has 1 saturated heterocycles. The van der Waals surface area contributed by atoms with E-state index in [0.717, 1.165) is 25.0 Å². The van der Waals surface area contributed by atoms with Crippen LogP contribution in [0.25, 0.3) is 0 Å². The lowest BCUT2D eigenvalue weighted by Gasteiger charge is -2.34. The van der Waals surface area contributed by atoms with Gasteiger partial charge in [0.25, 0.3) is 0 Å². The van der Waals surface area contributed by atoms with Gasteiger partial charge in [-0.3, -0.25) is 0 Å². The van der Waals surface area contributed by atoms with Crippen molar-refractivity contribution in [2.24, 2.45) is 16.6 Å². The molecule has 0 aromatic rings. The molecule has 1 atom stereocenters. The Bertz CT molecular complexity index is 228. The van der Waals surface area contributed by atoms with Crippen molar-refractivity contribution < 1.29 is 0 Å². The monoisotopic (exact) mass is 211 g/mol. The van der Waals surface area contributed by atoms with Crippen LogP contribution in [-0.2, 0) is 0 Å². The van der Waals surface area contributed by atoms with Gasteiger partial charge in [0.05, 0.1) is 5.54 Å². The molecular weight excluding hydrogens is 186 g/mol. The van der Waals surface area contributed by atoms with Crippen LogP contribution in [0.1, 0.15) is 47.0 Å². The first-order valence-corrected chi connectivity index (χ1v) is 6.02. The molecule has 0 aromatic carbocycles. The van der Waals surface area contributed by atoms with Crippen molar-refractivity contribution in [2.75, 3.05) is 13.1 Å². The van der Waals surface area contributed by atoms with E-state index in [1.807, 2.05) is 0 Å². The molecule has 1 aliphatic heterocycles. The highest BCUT2D eigenvalue weighted by Crippen LogP contribution is 2.19. The zero-order valence-electron chi connectivity index (χ0n) is 10.6. The molecule has 0 bridgehead atoms. The number of hydrogen-bond acceptors (Lipinski definition) is 1. The maximum atomic E-state index is 6.03. The minimum atomic E-state index is -0.0662. The summed E-state index contributed by atoms with van der Waals surface area (Å²) in [6.45, 7) is 10.7.